The molecule has 1 saturated carbocycles. The lowest BCUT2D eigenvalue weighted by molar-refractivity contribution is 0.0857. The van der Waals surface area contributed by atoms with Crippen LogP contribution in [0, 0.1) is 0 Å². The van der Waals surface area contributed by atoms with E-state index in [1.54, 1.807) is 12.1 Å². The zero-order valence-electron chi connectivity index (χ0n) is 7.11. The van der Waals surface area contributed by atoms with Gasteiger partial charge in [-0.05, 0) is 25.0 Å². The summed E-state index contributed by atoms with van der Waals surface area (Å²) in [5, 5.41) is 0. The highest BCUT2D eigenvalue weighted by Crippen LogP contribution is 2.29. The largest absolute Gasteiger partial charge is 0.268 e. The molecule has 1 aliphatic carbocycles. The Bertz CT molecular complexity index is 308. The molecule has 0 radical (unpaired) electrons. The molecule has 1 aliphatic rings. The van der Waals surface area contributed by atoms with Crippen molar-refractivity contribution in [3.05, 3.63) is 35.9 Å². The first-order valence-electron chi connectivity index (χ1n) is 4.33. The number of carbonyl (C=O) groups excluding carboxylic acids is 1. The van der Waals surface area contributed by atoms with E-state index in [-0.39, 0.29) is 11.9 Å². The van der Waals surface area contributed by atoms with Gasteiger partial charge in [0.25, 0.3) is 5.91 Å². The molecule has 2 rings (SSSR count). The summed E-state index contributed by atoms with van der Waals surface area (Å²) in [7, 11) is 0. The van der Waals surface area contributed by atoms with Crippen molar-refractivity contribution in [3.63, 3.8) is 0 Å². The molecular formula is C10H10ClNO. The predicted molar refractivity (Wildman–Crippen MR) is 51.5 cm³/mol. The molecule has 0 heterocycles. The Morgan fingerprint density at radius 1 is 1.31 bits per heavy atom. The Labute approximate surface area is 82.2 Å². The molecule has 0 N–H and O–H groups in total. The Morgan fingerprint density at radius 2 is 1.92 bits per heavy atom. The maximum atomic E-state index is 11.6. The van der Waals surface area contributed by atoms with Gasteiger partial charge in [-0.2, -0.15) is 0 Å². The predicted octanol–water partition coefficient (Wildman–Crippen LogP) is 2.45. The highest BCUT2D eigenvalue weighted by atomic mass is 35.5. The maximum absolute atomic E-state index is 11.6. The van der Waals surface area contributed by atoms with Crippen LogP contribution in [0.4, 0.5) is 0 Å². The molecule has 0 spiro atoms. The molecule has 2 nitrogen and oxygen atoms in total. The normalized spacial score (nSPS) is 15.5. The highest BCUT2D eigenvalue weighted by molar-refractivity contribution is 6.24. The van der Waals surface area contributed by atoms with Gasteiger partial charge in [0, 0.05) is 23.4 Å². The highest BCUT2D eigenvalue weighted by Gasteiger charge is 2.31. The molecule has 0 atom stereocenters. The maximum Gasteiger partial charge on any atom is 0.268 e. The van der Waals surface area contributed by atoms with Crippen molar-refractivity contribution < 1.29 is 4.79 Å². The molecule has 0 aromatic heterocycles. The van der Waals surface area contributed by atoms with E-state index >= 15 is 0 Å². The summed E-state index contributed by atoms with van der Waals surface area (Å²) in [5.41, 5.74) is 0.657. The lowest BCUT2D eigenvalue weighted by Gasteiger charge is -2.11. The van der Waals surface area contributed by atoms with Crippen molar-refractivity contribution >= 4 is 17.7 Å². The summed E-state index contributed by atoms with van der Waals surface area (Å²) in [6, 6.07) is 9.37. The monoisotopic (exact) mass is 195 g/mol. The first-order valence-corrected chi connectivity index (χ1v) is 4.67. The minimum absolute atomic E-state index is 0.0928. The number of halogens is 1. The molecule has 0 aliphatic heterocycles. The van der Waals surface area contributed by atoms with Crippen LogP contribution in [0.25, 0.3) is 0 Å². The van der Waals surface area contributed by atoms with Crippen molar-refractivity contribution in [2.45, 2.75) is 18.9 Å². The van der Waals surface area contributed by atoms with E-state index in [9.17, 15) is 4.79 Å². The van der Waals surface area contributed by atoms with Crippen LogP contribution >= 0.6 is 11.8 Å². The van der Waals surface area contributed by atoms with Crippen LogP contribution in [0.15, 0.2) is 30.3 Å². The van der Waals surface area contributed by atoms with Crippen LogP contribution in [0.1, 0.15) is 23.2 Å². The zero-order valence-corrected chi connectivity index (χ0v) is 7.87. The molecule has 3 heteroatoms. The zero-order chi connectivity index (χ0) is 9.26. The third-order valence-corrected chi connectivity index (χ3v) is 2.51. The van der Waals surface area contributed by atoms with E-state index in [2.05, 4.69) is 0 Å². The van der Waals surface area contributed by atoms with E-state index < -0.39 is 0 Å². The summed E-state index contributed by atoms with van der Waals surface area (Å²) in [4.78, 5) is 11.6. The minimum atomic E-state index is -0.0928. The average molecular weight is 196 g/mol. The summed E-state index contributed by atoms with van der Waals surface area (Å²) in [5.74, 6) is -0.0928. The lowest BCUT2D eigenvalue weighted by Crippen LogP contribution is -2.23. The van der Waals surface area contributed by atoms with Crippen LogP contribution in [0.5, 0.6) is 0 Å². The van der Waals surface area contributed by atoms with Gasteiger partial charge in [-0.15, -0.1) is 0 Å². The van der Waals surface area contributed by atoms with Crippen LogP contribution in [-0.4, -0.2) is 16.4 Å². The van der Waals surface area contributed by atoms with E-state index in [0.717, 1.165) is 12.8 Å². The van der Waals surface area contributed by atoms with Crippen molar-refractivity contribution in [1.29, 1.82) is 0 Å². The number of hydrogen-bond acceptors (Lipinski definition) is 1. The molecule has 0 saturated heterocycles. The van der Waals surface area contributed by atoms with Crippen LogP contribution < -0.4 is 0 Å². The van der Waals surface area contributed by atoms with Gasteiger partial charge >= 0.3 is 0 Å². The smallest absolute Gasteiger partial charge is 0.268 e. The fourth-order valence-electron chi connectivity index (χ4n) is 1.17. The summed E-state index contributed by atoms with van der Waals surface area (Å²) >= 11 is 5.85. The fraction of sp³-hybridized carbons (Fsp3) is 0.300. The Kier molecular flexibility index (Phi) is 2.23. The van der Waals surface area contributed by atoms with Crippen molar-refractivity contribution in [2.24, 2.45) is 0 Å². The lowest BCUT2D eigenvalue weighted by atomic mass is 10.2. The van der Waals surface area contributed by atoms with Gasteiger partial charge in [0.05, 0.1) is 0 Å². The number of rotatable bonds is 2. The van der Waals surface area contributed by atoms with Crippen LogP contribution in [0.3, 0.4) is 0 Å². The molecular weight excluding hydrogens is 186 g/mol. The molecule has 1 amide bonds. The summed E-state index contributed by atoms with van der Waals surface area (Å²) in [6.07, 6.45) is 2.06. The first-order chi connectivity index (χ1) is 6.29. The van der Waals surface area contributed by atoms with E-state index in [1.807, 2.05) is 18.2 Å². The molecule has 1 fully saturated rings. The molecule has 0 bridgehead atoms. The number of nitrogens with zero attached hydrogens (tertiary/aromatic N) is 1. The first kappa shape index (κ1) is 8.57. The van der Waals surface area contributed by atoms with Crippen molar-refractivity contribution in [1.82, 2.24) is 4.42 Å². The second-order valence-corrected chi connectivity index (χ2v) is 3.58. The fourth-order valence-corrected chi connectivity index (χ4v) is 1.46. The average Bonchev–Trinajstić information content (AvgIpc) is 3.00. The molecule has 0 unspecified atom stereocenters. The molecule has 1 aromatic carbocycles. The minimum Gasteiger partial charge on any atom is -0.268 e. The summed E-state index contributed by atoms with van der Waals surface area (Å²) < 4.78 is 1.31. The number of hydrogen-bond donors (Lipinski definition) is 0. The number of amides is 1. The summed E-state index contributed by atoms with van der Waals surface area (Å²) in [6.45, 7) is 0. The van der Waals surface area contributed by atoms with Gasteiger partial charge in [0.15, 0.2) is 0 Å². The van der Waals surface area contributed by atoms with Crippen LogP contribution in [0.2, 0.25) is 0 Å². The van der Waals surface area contributed by atoms with E-state index in [0.29, 0.717) is 5.56 Å². The Morgan fingerprint density at radius 3 is 2.46 bits per heavy atom. The number of carbonyl (C=O) groups is 1. The molecule has 1 aromatic rings. The van der Waals surface area contributed by atoms with Crippen LogP contribution in [-0.2, 0) is 0 Å². The van der Waals surface area contributed by atoms with Gasteiger partial charge in [-0.1, -0.05) is 18.2 Å². The van der Waals surface area contributed by atoms with Gasteiger partial charge in [0.1, 0.15) is 0 Å². The third-order valence-electron chi connectivity index (χ3n) is 2.08. The molecule has 13 heavy (non-hydrogen) atoms. The van der Waals surface area contributed by atoms with E-state index in [1.165, 1.54) is 4.42 Å². The van der Waals surface area contributed by atoms with Gasteiger partial charge in [-0.25, -0.2) is 4.42 Å². The Hall–Kier alpha value is -1.02. The standard InChI is InChI=1S/C10H10ClNO/c11-12(9-6-7-9)10(13)8-4-2-1-3-5-8/h1-5,9H,6-7H2. The van der Waals surface area contributed by atoms with Crippen molar-refractivity contribution in [2.75, 3.05) is 0 Å². The SMILES string of the molecule is O=C(c1ccccc1)N(Cl)C1CC1. The van der Waals surface area contributed by atoms with Crippen molar-refractivity contribution in [3.8, 4) is 0 Å². The number of benzene rings is 1. The van der Waals surface area contributed by atoms with Gasteiger partial charge in [-0.3, -0.25) is 4.79 Å². The van der Waals surface area contributed by atoms with E-state index in [4.69, 9.17) is 11.8 Å². The second-order valence-electron chi connectivity index (χ2n) is 3.21. The topological polar surface area (TPSA) is 20.3 Å². The van der Waals surface area contributed by atoms with Gasteiger partial charge < -0.3 is 0 Å². The Balaban J connectivity index is 2.12. The third kappa shape index (κ3) is 1.83. The second kappa shape index (κ2) is 3.38. The molecule has 68 valence electrons. The quantitative estimate of drug-likeness (QED) is 0.664. The van der Waals surface area contributed by atoms with Gasteiger partial charge in [0.2, 0.25) is 0 Å².